The first-order valence-corrected chi connectivity index (χ1v) is 3.18. The predicted octanol–water partition coefficient (Wildman–Crippen LogP) is 0.198. The predicted molar refractivity (Wildman–Crippen MR) is 38.3 cm³/mol. The lowest BCUT2D eigenvalue weighted by Gasteiger charge is -2.19. The molecule has 0 bridgehead atoms. The Bertz CT molecular complexity index is 155. The Kier molecular flexibility index (Phi) is 2.72. The number of quaternary nitrogens is 1. The van der Waals surface area contributed by atoms with Crippen molar-refractivity contribution in [3.05, 3.63) is 0 Å². The quantitative estimate of drug-likeness (QED) is 0.410. The van der Waals surface area contributed by atoms with E-state index in [2.05, 4.69) is 0 Å². The van der Waals surface area contributed by atoms with E-state index in [1.54, 1.807) is 21.1 Å². The van der Waals surface area contributed by atoms with Crippen LogP contribution in [0.1, 0.15) is 13.3 Å². The van der Waals surface area contributed by atoms with Gasteiger partial charge in [-0.25, -0.2) is 4.79 Å². The van der Waals surface area contributed by atoms with Gasteiger partial charge in [-0.1, -0.05) is 0 Å². The smallest absolute Gasteiger partial charge is 0.299 e. The van der Waals surface area contributed by atoms with Crippen molar-refractivity contribution in [2.75, 3.05) is 21.1 Å². The zero-order valence-electron chi connectivity index (χ0n) is 6.97. The third kappa shape index (κ3) is 3.35. The van der Waals surface area contributed by atoms with Gasteiger partial charge >= 0.3 is 5.91 Å². The largest absolute Gasteiger partial charge is 0.320 e. The van der Waals surface area contributed by atoms with Gasteiger partial charge < -0.3 is 0 Å². The SMILES string of the molecule is CC(=O)CC(=O)[N+](C)(C)C. The summed E-state index contributed by atoms with van der Waals surface area (Å²) in [4.78, 5) is 21.5. The molecule has 0 fully saturated rings. The van der Waals surface area contributed by atoms with Crippen molar-refractivity contribution in [2.24, 2.45) is 0 Å². The summed E-state index contributed by atoms with van der Waals surface area (Å²) in [5.41, 5.74) is 0. The summed E-state index contributed by atoms with van der Waals surface area (Å²) in [6.45, 7) is 1.42. The van der Waals surface area contributed by atoms with Gasteiger partial charge in [-0.15, -0.1) is 0 Å². The van der Waals surface area contributed by atoms with Gasteiger partial charge in [-0.2, -0.15) is 0 Å². The second-order valence-corrected chi connectivity index (χ2v) is 3.28. The normalized spacial score (nSPS) is 11.2. The molecule has 58 valence electrons. The number of carbonyl (C=O) groups excluding carboxylic acids is 2. The number of amides is 1. The first-order valence-electron chi connectivity index (χ1n) is 3.18. The number of carbonyl (C=O) groups is 2. The van der Waals surface area contributed by atoms with Gasteiger partial charge in [0.2, 0.25) is 0 Å². The Balaban J connectivity index is 3.99. The van der Waals surface area contributed by atoms with E-state index >= 15 is 0 Å². The maximum absolute atomic E-state index is 11.0. The van der Waals surface area contributed by atoms with Crippen LogP contribution in [0.15, 0.2) is 0 Å². The molecule has 0 radical (unpaired) electrons. The number of ketones is 1. The van der Waals surface area contributed by atoms with E-state index in [1.165, 1.54) is 6.92 Å². The van der Waals surface area contributed by atoms with Crippen molar-refractivity contribution in [3.8, 4) is 0 Å². The monoisotopic (exact) mass is 144 g/mol. The van der Waals surface area contributed by atoms with E-state index in [0.717, 1.165) is 0 Å². The van der Waals surface area contributed by atoms with Crippen LogP contribution in [0.25, 0.3) is 0 Å². The maximum atomic E-state index is 11.0. The Hall–Kier alpha value is -0.700. The minimum Gasteiger partial charge on any atom is -0.299 e. The summed E-state index contributed by atoms with van der Waals surface area (Å²) in [6.07, 6.45) is 0.0451. The number of hydrogen-bond acceptors (Lipinski definition) is 2. The number of rotatable bonds is 2. The molecular weight excluding hydrogens is 130 g/mol. The van der Waals surface area contributed by atoms with Crippen LogP contribution in [0.2, 0.25) is 0 Å². The molecule has 0 aliphatic rings. The summed E-state index contributed by atoms with van der Waals surface area (Å²) >= 11 is 0. The topological polar surface area (TPSA) is 34.1 Å². The molecule has 1 amide bonds. The Morgan fingerprint density at radius 2 is 1.60 bits per heavy atom. The van der Waals surface area contributed by atoms with Gasteiger partial charge in [0.25, 0.3) is 0 Å². The molecule has 0 N–H and O–H groups in total. The molecule has 0 aromatic carbocycles. The molecule has 0 aliphatic heterocycles. The maximum Gasteiger partial charge on any atom is 0.320 e. The van der Waals surface area contributed by atoms with E-state index in [1.807, 2.05) is 0 Å². The van der Waals surface area contributed by atoms with Gasteiger partial charge in [-0.3, -0.25) is 9.28 Å². The number of Topliss-reactive ketones (excluding diaryl/α,β-unsaturated/α-hetero) is 1. The molecule has 0 heterocycles. The number of hydrogen-bond donors (Lipinski definition) is 0. The van der Waals surface area contributed by atoms with Gasteiger partial charge in [0.05, 0.1) is 21.1 Å². The van der Waals surface area contributed by atoms with E-state index in [0.29, 0.717) is 0 Å². The van der Waals surface area contributed by atoms with Gasteiger partial charge in [0.1, 0.15) is 12.2 Å². The van der Waals surface area contributed by atoms with Gasteiger partial charge in [-0.05, 0) is 6.92 Å². The van der Waals surface area contributed by atoms with Crippen molar-refractivity contribution in [1.82, 2.24) is 0 Å². The second kappa shape index (κ2) is 2.92. The van der Waals surface area contributed by atoms with Crippen LogP contribution in [0.3, 0.4) is 0 Å². The highest BCUT2D eigenvalue weighted by molar-refractivity contribution is 5.93. The van der Waals surface area contributed by atoms with Crippen molar-refractivity contribution < 1.29 is 14.1 Å². The summed E-state index contributed by atoms with van der Waals surface area (Å²) in [5, 5.41) is 0. The molecule has 0 aromatic rings. The molecule has 0 rings (SSSR count). The van der Waals surface area contributed by atoms with Crippen molar-refractivity contribution in [2.45, 2.75) is 13.3 Å². The lowest BCUT2D eigenvalue weighted by Crippen LogP contribution is -2.41. The molecule has 0 aromatic heterocycles. The lowest BCUT2D eigenvalue weighted by molar-refractivity contribution is -0.792. The van der Waals surface area contributed by atoms with Crippen molar-refractivity contribution >= 4 is 11.7 Å². The molecule has 0 atom stereocenters. The first kappa shape index (κ1) is 9.30. The Morgan fingerprint density at radius 3 is 1.70 bits per heavy atom. The molecule has 3 heteroatoms. The minimum absolute atomic E-state index is 0.0451. The summed E-state index contributed by atoms with van der Waals surface area (Å²) < 4.78 is 0.222. The average molecular weight is 144 g/mol. The van der Waals surface area contributed by atoms with Crippen LogP contribution in [-0.4, -0.2) is 37.3 Å². The minimum atomic E-state index is -0.0712. The zero-order valence-corrected chi connectivity index (χ0v) is 6.97. The fourth-order valence-corrected chi connectivity index (χ4v) is 0.450. The van der Waals surface area contributed by atoms with Crippen molar-refractivity contribution in [1.29, 1.82) is 0 Å². The Morgan fingerprint density at radius 1 is 1.20 bits per heavy atom. The van der Waals surface area contributed by atoms with Crippen LogP contribution in [-0.2, 0) is 9.59 Å². The van der Waals surface area contributed by atoms with E-state index in [4.69, 9.17) is 0 Å². The van der Waals surface area contributed by atoms with Crippen LogP contribution >= 0.6 is 0 Å². The van der Waals surface area contributed by atoms with Crippen LogP contribution in [0, 0.1) is 0 Å². The van der Waals surface area contributed by atoms with E-state index < -0.39 is 0 Å². The molecule has 0 saturated carbocycles. The average Bonchev–Trinajstić information content (AvgIpc) is 1.60. The van der Waals surface area contributed by atoms with Crippen LogP contribution in [0.4, 0.5) is 0 Å². The second-order valence-electron chi connectivity index (χ2n) is 3.28. The zero-order chi connectivity index (χ0) is 8.36. The molecule has 0 aliphatic carbocycles. The Labute approximate surface area is 61.2 Å². The highest BCUT2D eigenvalue weighted by Crippen LogP contribution is 1.96. The third-order valence-corrected chi connectivity index (χ3v) is 1.15. The molecule has 0 unspecified atom stereocenters. The molecule has 10 heavy (non-hydrogen) atoms. The van der Waals surface area contributed by atoms with Gasteiger partial charge in [0.15, 0.2) is 0 Å². The standard InChI is InChI=1S/C7H14NO2/c1-6(9)5-7(10)8(2,3)4/h5H2,1-4H3/q+1. The fourth-order valence-electron chi connectivity index (χ4n) is 0.450. The molecular formula is C7H14NO2+. The highest BCUT2D eigenvalue weighted by Gasteiger charge is 2.21. The summed E-state index contributed by atoms with van der Waals surface area (Å²) in [6, 6.07) is 0. The molecule has 3 nitrogen and oxygen atoms in total. The van der Waals surface area contributed by atoms with Crippen LogP contribution in [0.5, 0.6) is 0 Å². The van der Waals surface area contributed by atoms with Crippen molar-refractivity contribution in [3.63, 3.8) is 0 Å². The third-order valence-electron chi connectivity index (χ3n) is 1.15. The van der Waals surface area contributed by atoms with Gasteiger partial charge in [0, 0.05) is 0 Å². The molecule has 0 saturated heterocycles. The highest BCUT2D eigenvalue weighted by atomic mass is 16.2. The summed E-state index contributed by atoms with van der Waals surface area (Å²) in [5.74, 6) is -0.120. The lowest BCUT2D eigenvalue weighted by atomic mass is 10.3. The fraction of sp³-hybridized carbons (Fsp3) is 0.714. The summed E-state index contributed by atoms with van der Waals surface area (Å²) in [7, 11) is 5.27. The van der Waals surface area contributed by atoms with Crippen LogP contribution < -0.4 is 0 Å². The number of nitrogens with zero attached hydrogens (tertiary/aromatic N) is 1. The van der Waals surface area contributed by atoms with E-state index in [9.17, 15) is 9.59 Å². The molecule has 0 spiro atoms. The first-order chi connectivity index (χ1) is 4.34. The van der Waals surface area contributed by atoms with E-state index in [-0.39, 0.29) is 22.6 Å².